The predicted octanol–water partition coefficient (Wildman–Crippen LogP) is 6.56. The van der Waals surface area contributed by atoms with Crippen LogP contribution in [0.25, 0.3) is 11.1 Å². The molecule has 0 N–H and O–H groups in total. The van der Waals surface area contributed by atoms with E-state index in [1.807, 2.05) is 38.1 Å². The van der Waals surface area contributed by atoms with Gasteiger partial charge in [0.15, 0.2) is 12.6 Å². The van der Waals surface area contributed by atoms with Crippen LogP contribution in [-0.2, 0) is 19.6 Å². The van der Waals surface area contributed by atoms with E-state index in [1.165, 1.54) is 33.4 Å². The van der Waals surface area contributed by atoms with Gasteiger partial charge in [0.1, 0.15) is 17.6 Å². The first-order valence-corrected chi connectivity index (χ1v) is 13.1. The Labute approximate surface area is 223 Å². The Morgan fingerprint density at radius 1 is 0.711 bits per heavy atom. The van der Waals surface area contributed by atoms with Crippen molar-refractivity contribution in [3.8, 4) is 22.6 Å². The highest BCUT2D eigenvalue weighted by molar-refractivity contribution is 5.86. The van der Waals surface area contributed by atoms with Crippen LogP contribution in [0.15, 0.2) is 97.1 Å². The maximum Gasteiger partial charge on any atom is 0.197 e. The van der Waals surface area contributed by atoms with Gasteiger partial charge < -0.3 is 23.7 Å². The number of methoxy groups -OCH3 is 1. The van der Waals surface area contributed by atoms with Gasteiger partial charge in [-0.05, 0) is 71.5 Å². The van der Waals surface area contributed by atoms with E-state index in [4.69, 9.17) is 23.7 Å². The minimum atomic E-state index is -0.484. The van der Waals surface area contributed by atoms with Crippen LogP contribution in [0.5, 0.6) is 11.5 Å². The summed E-state index contributed by atoms with van der Waals surface area (Å²) in [4.78, 5) is 0. The van der Waals surface area contributed by atoms with Crippen LogP contribution in [0.4, 0.5) is 0 Å². The summed E-state index contributed by atoms with van der Waals surface area (Å²) in [5.74, 6) is 1.54. The van der Waals surface area contributed by atoms with Crippen LogP contribution < -0.4 is 9.47 Å². The Morgan fingerprint density at radius 3 is 1.66 bits per heavy atom. The number of fused-ring (bicyclic) bond motifs is 3. The SMILES string of the molecule is COC(C)Oc1ccc(C2(c3ccc(OC(C)OCC4CO4)cc3)c3ccccc3-c3ccccc32)cc1. The Balaban J connectivity index is 1.42. The zero-order valence-corrected chi connectivity index (χ0v) is 21.9. The molecule has 0 amide bonds. The molecule has 3 atom stereocenters. The van der Waals surface area contributed by atoms with Gasteiger partial charge in [-0.2, -0.15) is 0 Å². The third kappa shape index (κ3) is 4.47. The first-order chi connectivity index (χ1) is 18.6. The molecule has 0 aromatic heterocycles. The minimum Gasteiger partial charge on any atom is -0.465 e. The smallest absolute Gasteiger partial charge is 0.197 e. The van der Waals surface area contributed by atoms with Crippen molar-refractivity contribution in [3.63, 3.8) is 0 Å². The highest BCUT2D eigenvalue weighted by Gasteiger charge is 2.45. The van der Waals surface area contributed by atoms with Crippen LogP contribution in [0, 0.1) is 0 Å². The molecule has 0 spiro atoms. The van der Waals surface area contributed by atoms with E-state index >= 15 is 0 Å². The normalized spacial score (nSPS) is 18.2. The number of benzene rings is 4. The first-order valence-electron chi connectivity index (χ1n) is 13.1. The molecule has 2 aliphatic rings. The third-order valence-electron chi connectivity index (χ3n) is 7.38. The van der Waals surface area contributed by atoms with Gasteiger partial charge in [-0.25, -0.2) is 0 Å². The second-order valence-corrected chi connectivity index (χ2v) is 9.79. The monoisotopic (exact) mass is 508 g/mol. The summed E-state index contributed by atoms with van der Waals surface area (Å²) >= 11 is 0. The molecule has 3 unspecified atom stereocenters. The van der Waals surface area contributed by atoms with Gasteiger partial charge in [0.05, 0.1) is 18.6 Å². The molecule has 6 rings (SSSR count). The molecular weight excluding hydrogens is 476 g/mol. The molecule has 1 saturated heterocycles. The topological polar surface area (TPSA) is 49.5 Å². The largest absolute Gasteiger partial charge is 0.465 e. The Kier molecular flexibility index (Phi) is 6.66. The van der Waals surface area contributed by atoms with Crippen molar-refractivity contribution in [2.24, 2.45) is 0 Å². The predicted molar refractivity (Wildman–Crippen MR) is 147 cm³/mol. The maximum atomic E-state index is 6.04. The van der Waals surface area contributed by atoms with E-state index in [-0.39, 0.29) is 18.7 Å². The number of epoxide rings is 1. The summed E-state index contributed by atoms with van der Waals surface area (Å²) in [6.07, 6.45) is -0.465. The van der Waals surface area contributed by atoms with Gasteiger partial charge in [-0.15, -0.1) is 0 Å². The fourth-order valence-corrected chi connectivity index (χ4v) is 5.46. The standard InChI is InChI=1S/C33H32O5/c1-22(34-3)37-26-16-12-24(13-17-26)33(31-10-6-4-8-29(31)30-9-5-7-11-32(30)33)25-14-18-27(19-15-25)38-23(2)35-20-28-21-36-28/h4-19,22-23,28H,20-21H2,1-3H3. The molecule has 194 valence electrons. The van der Waals surface area contributed by atoms with E-state index in [0.717, 1.165) is 18.1 Å². The Bertz CT molecular complexity index is 1350. The Morgan fingerprint density at radius 2 is 1.18 bits per heavy atom. The molecule has 4 aromatic rings. The van der Waals surface area contributed by atoms with Gasteiger partial charge >= 0.3 is 0 Å². The summed E-state index contributed by atoms with van der Waals surface area (Å²) < 4.78 is 28.2. The van der Waals surface area contributed by atoms with Crippen LogP contribution in [-0.4, -0.2) is 39.0 Å². The van der Waals surface area contributed by atoms with Gasteiger partial charge in [0.25, 0.3) is 0 Å². The van der Waals surface area contributed by atoms with Crippen molar-refractivity contribution < 1.29 is 23.7 Å². The van der Waals surface area contributed by atoms with E-state index in [0.29, 0.717) is 6.61 Å². The van der Waals surface area contributed by atoms with Gasteiger partial charge in [-0.3, -0.25) is 0 Å². The van der Waals surface area contributed by atoms with Crippen molar-refractivity contribution in [2.75, 3.05) is 20.3 Å². The highest BCUT2D eigenvalue weighted by atomic mass is 16.7. The molecule has 1 fully saturated rings. The van der Waals surface area contributed by atoms with E-state index in [2.05, 4.69) is 72.8 Å². The summed E-state index contributed by atoms with van der Waals surface area (Å²) in [7, 11) is 1.64. The summed E-state index contributed by atoms with van der Waals surface area (Å²) in [6, 6.07) is 34.2. The minimum absolute atomic E-state index is 0.209. The average molecular weight is 509 g/mol. The lowest BCUT2D eigenvalue weighted by molar-refractivity contribution is -0.0709. The van der Waals surface area contributed by atoms with Crippen molar-refractivity contribution in [1.29, 1.82) is 0 Å². The van der Waals surface area contributed by atoms with Crippen molar-refractivity contribution in [1.82, 2.24) is 0 Å². The van der Waals surface area contributed by atoms with Gasteiger partial charge in [0.2, 0.25) is 0 Å². The van der Waals surface area contributed by atoms with Crippen molar-refractivity contribution in [3.05, 3.63) is 119 Å². The van der Waals surface area contributed by atoms with Crippen molar-refractivity contribution in [2.45, 2.75) is 37.9 Å². The lowest BCUT2D eigenvalue weighted by Gasteiger charge is -2.34. The maximum absolute atomic E-state index is 6.04. The number of rotatable bonds is 10. The molecule has 1 aliphatic heterocycles. The lowest BCUT2D eigenvalue weighted by Crippen LogP contribution is -2.28. The summed E-state index contributed by atoms with van der Waals surface area (Å²) in [5, 5.41) is 0. The van der Waals surface area contributed by atoms with E-state index < -0.39 is 5.41 Å². The van der Waals surface area contributed by atoms with Crippen LogP contribution in [0.1, 0.15) is 36.1 Å². The highest BCUT2D eigenvalue weighted by Crippen LogP contribution is 2.56. The molecule has 1 heterocycles. The molecule has 0 bridgehead atoms. The molecule has 0 radical (unpaired) electrons. The van der Waals surface area contributed by atoms with Gasteiger partial charge in [-0.1, -0.05) is 72.8 Å². The fourth-order valence-electron chi connectivity index (χ4n) is 5.46. The number of hydrogen-bond acceptors (Lipinski definition) is 5. The zero-order chi connectivity index (χ0) is 26.1. The van der Waals surface area contributed by atoms with E-state index in [1.54, 1.807) is 7.11 Å². The Hall–Kier alpha value is -3.64. The number of hydrogen-bond donors (Lipinski definition) is 0. The molecule has 4 aromatic carbocycles. The first kappa shape index (κ1) is 24.7. The summed E-state index contributed by atoms with van der Waals surface area (Å²) in [6.45, 7) is 5.12. The molecule has 1 aliphatic carbocycles. The third-order valence-corrected chi connectivity index (χ3v) is 7.38. The zero-order valence-electron chi connectivity index (χ0n) is 21.9. The van der Waals surface area contributed by atoms with E-state index in [9.17, 15) is 0 Å². The average Bonchev–Trinajstić information content (AvgIpc) is 3.74. The van der Waals surface area contributed by atoms with Crippen molar-refractivity contribution >= 4 is 0 Å². The molecule has 38 heavy (non-hydrogen) atoms. The van der Waals surface area contributed by atoms with Gasteiger partial charge in [0, 0.05) is 7.11 Å². The van der Waals surface area contributed by atoms with Crippen LogP contribution >= 0.6 is 0 Å². The molecular formula is C33H32O5. The summed E-state index contributed by atoms with van der Waals surface area (Å²) in [5.41, 5.74) is 6.87. The molecule has 5 nitrogen and oxygen atoms in total. The second kappa shape index (κ2) is 10.3. The molecule has 0 saturated carbocycles. The molecule has 5 heteroatoms. The lowest BCUT2D eigenvalue weighted by atomic mass is 9.68. The second-order valence-electron chi connectivity index (χ2n) is 9.79. The number of ether oxygens (including phenoxy) is 5. The van der Waals surface area contributed by atoms with Crippen LogP contribution in [0.3, 0.4) is 0 Å². The fraction of sp³-hybridized carbons (Fsp3) is 0.273. The van der Waals surface area contributed by atoms with Crippen LogP contribution in [0.2, 0.25) is 0 Å². The quantitative estimate of drug-likeness (QED) is 0.158.